The lowest BCUT2D eigenvalue weighted by Crippen LogP contribution is -2.35. The summed E-state index contributed by atoms with van der Waals surface area (Å²) in [5.41, 5.74) is 3.40. The predicted octanol–water partition coefficient (Wildman–Crippen LogP) is 2.55. The van der Waals surface area contributed by atoms with E-state index in [0.717, 1.165) is 22.9 Å². The Hall–Kier alpha value is -4.21. The first-order chi connectivity index (χ1) is 16.4. The standard InChI is InChI=1S/C24H23FN6O3/c1-15-11-21-28-30(14-22(32)27-18-7-8-20(34-2)19(25)12-18)24(33)31(21)23(26-15)29-10-9-16-5-3-4-6-17(16)13-29/h3-8,11-12H,9-10,13-14H2,1-2H3,(H,27,32). The normalized spacial score (nSPS) is 13.1. The highest BCUT2D eigenvalue weighted by Gasteiger charge is 2.23. The fourth-order valence-electron chi connectivity index (χ4n) is 4.20. The molecule has 9 nitrogen and oxygen atoms in total. The molecule has 0 fully saturated rings. The smallest absolute Gasteiger partial charge is 0.353 e. The minimum absolute atomic E-state index is 0.0744. The van der Waals surface area contributed by atoms with E-state index in [4.69, 9.17) is 4.74 Å². The molecule has 4 aromatic rings. The highest BCUT2D eigenvalue weighted by Crippen LogP contribution is 2.24. The summed E-state index contributed by atoms with van der Waals surface area (Å²) in [6.07, 6.45) is 0.844. The molecular weight excluding hydrogens is 439 g/mol. The molecule has 0 radical (unpaired) electrons. The van der Waals surface area contributed by atoms with Gasteiger partial charge in [0.15, 0.2) is 17.2 Å². The first-order valence-corrected chi connectivity index (χ1v) is 10.9. The number of ether oxygens (including phenoxy) is 1. The zero-order valence-corrected chi connectivity index (χ0v) is 18.8. The first-order valence-electron chi connectivity index (χ1n) is 10.9. The monoisotopic (exact) mass is 462 g/mol. The van der Waals surface area contributed by atoms with E-state index in [9.17, 15) is 14.0 Å². The third-order valence-corrected chi connectivity index (χ3v) is 5.82. The van der Waals surface area contributed by atoms with E-state index in [0.29, 0.717) is 24.7 Å². The van der Waals surface area contributed by atoms with Crippen LogP contribution in [0.3, 0.4) is 0 Å². The van der Waals surface area contributed by atoms with Gasteiger partial charge in [-0.25, -0.2) is 23.3 Å². The summed E-state index contributed by atoms with van der Waals surface area (Å²) >= 11 is 0. The van der Waals surface area contributed by atoms with E-state index in [1.807, 2.05) is 19.1 Å². The Morgan fingerprint density at radius 2 is 1.97 bits per heavy atom. The number of hydrogen-bond acceptors (Lipinski definition) is 6. The molecule has 0 atom stereocenters. The molecule has 0 bridgehead atoms. The molecule has 0 aliphatic carbocycles. The van der Waals surface area contributed by atoms with Gasteiger partial charge in [-0.2, -0.15) is 0 Å². The van der Waals surface area contributed by atoms with Gasteiger partial charge in [0, 0.05) is 36.6 Å². The third kappa shape index (κ3) is 3.98. The fourth-order valence-corrected chi connectivity index (χ4v) is 4.20. The molecule has 0 unspecified atom stereocenters. The molecule has 34 heavy (non-hydrogen) atoms. The number of nitrogens with one attached hydrogen (secondary N) is 1. The second-order valence-electron chi connectivity index (χ2n) is 8.17. The molecule has 3 heterocycles. The molecule has 0 saturated heterocycles. The number of hydrogen-bond donors (Lipinski definition) is 1. The minimum Gasteiger partial charge on any atom is -0.494 e. The van der Waals surface area contributed by atoms with Crippen molar-refractivity contribution in [3.8, 4) is 5.75 Å². The van der Waals surface area contributed by atoms with E-state index in [1.165, 1.54) is 34.8 Å². The van der Waals surface area contributed by atoms with Crippen molar-refractivity contribution < 1.29 is 13.9 Å². The Morgan fingerprint density at radius 3 is 2.74 bits per heavy atom. The molecule has 10 heteroatoms. The summed E-state index contributed by atoms with van der Waals surface area (Å²) in [6, 6.07) is 14.0. The molecule has 1 aliphatic heterocycles. The first kappa shape index (κ1) is 21.6. The molecule has 2 aromatic carbocycles. The number of carbonyl (C=O) groups is 1. The Bertz CT molecular complexity index is 1460. The largest absolute Gasteiger partial charge is 0.494 e. The van der Waals surface area contributed by atoms with Gasteiger partial charge in [0.2, 0.25) is 11.9 Å². The van der Waals surface area contributed by atoms with Crippen molar-refractivity contribution in [1.29, 1.82) is 0 Å². The number of methoxy groups -OCH3 is 1. The van der Waals surface area contributed by atoms with Crippen molar-refractivity contribution in [1.82, 2.24) is 19.2 Å². The molecular formula is C24H23FN6O3. The highest BCUT2D eigenvalue weighted by atomic mass is 19.1. The van der Waals surface area contributed by atoms with Crippen molar-refractivity contribution in [2.24, 2.45) is 0 Å². The van der Waals surface area contributed by atoms with Crippen molar-refractivity contribution >= 4 is 23.2 Å². The van der Waals surface area contributed by atoms with Gasteiger partial charge < -0.3 is 15.0 Å². The topological polar surface area (TPSA) is 93.8 Å². The number of aryl methyl sites for hydroxylation is 1. The summed E-state index contributed by atoms with van der Waals surface area (Å²) in [4.78, 5) is 32.5. The number of rotatable bonds is 5. The number of halogens is 1. The van der Waals surface area contributed by atoms with Crippen LogP contribution in [0.4, 0.5) is 16.0 Å². The summed E-state index contributed by atoms with van der Waals surface area (Å²) in [5.74, 6) is -0.531. The lowest BCUT2D eigenvalue weighted by Gasteiger charge is -2.29. The van der Waals surface area contributed by atoms with Crippen LogP contribution in [-0.4, -0.2) is 38.7 Å². The zero-order chi connectivity index (χ0) is 23.8. The van der Waals surface area contributed by atoms with Gasteiger partial charge in [-0.15, -0.1) is 5.10 Å². The SMILES string of the molecule is COc1ccc(NC(=O)Cn2nc3cc(C)nc(N4CCc5ccccc5C4)n3c2=O)cc1F. The van der Waals surface area contributed by atoms with Crippen molar-refractivity contribution in [2.75, 3.05) is 23.9 Å². The number of benzene rings is 2. The van der Waals surface area contributed by atoms with Gasteiger partial charge in [-0.1, -0.05) is 24.3 Å². The summed E-state index contributed by atoms with van der Waals surface area (Å²) in [5, 5.41) is 6.93. The summed E-state index contributed by atoms with van der Waals surface area (Å²) in [6.45, 7) is 2.86. The highest BCUT2D eigenvalue weighted by molar-refractivity contribution is 5.90. The number of fused-ring (bicyclic) bond motifs is 2. The Kier molecular flexibility index (Phi) is 5.48. The van der Waals surface area contributed by atoms with Crippen LogP contribution in [0.2, 0.25) is 0 Å². The van der Waals surface area contributed by atoms with Crippen LogP contribution in [-0.2, 0) is 24.3 Å². The molecule has 0 saturated carbocycles. The maximum absolute atomic E-state index is 13.9. The van der Waals surface area contributed by atoms with Crippen molar-refractivity contribution in [3.05, 3.63) is 81.7 Å². The molecule has 1 amide bonds. The molecule has 0 spiro atoms. The number of nitrogens with zero attached hydrogens (tertiary/aromatic N) is 5. The van der Waals surface area contributed by atoms with Crippen LogP contribution in [0.25, 0.3) is 5.65 Å². The van der Waals surface area contributed by atoms with Gasteiger partial charge in [-0.3, -0.25) is 4.79 Å². The lowest BCUT2D eigenvalue weighted by molar-refractivity contribution is -0.117. The molecule has 1 aliphatic rings. The zero-order valence-electron chi connectivity index (χ0n) is 18.8. The second kappa shape index (κ2) is 8.62. The predicted molar refractivity (Wildman–Crippen MR) is 125 cm³/mol. The van der Waals surface area contributed by atoms with Gasteiger partial charge in [0.25, 0.3) is 0 Å². The maximum atomic E-state index is 13.9. The average Bonchev–Trinajstić information content (AvgIpc) is 3.12. The fraction of sp³-hybridized carbons (Fsp3) is 0.250. The average molecular weight is 462 g/mol. The molecule has 1 N–H and O–H groups in total. The van der Waals surface area contributed by atoms with Gasteiger partial charge in [-0.05, 0) is 36.6 Å². The van der Waals surface area contributed by atoms with E-state index < -0.39 is 17.4 Å². The van der Waals surface area contributed by atoms with Crippen LogP contribution < -0.4 is 20.6 Å². The Morgan fingerprint density at radius 1 is 1.18 bits per heavy atom. The number of amides is 1. The Balaban J connectivity index is 1.43. The van der Waals surface area contributed by atoms with Gasteiger partial charge in [0.1, 0.15) is 6.54 Å². The second-order valence-corrected chi connectivity index (χ2v) is 8.17. The molecule has 174 valence electrons. The summed E-state index contributed by atoms with van der Waals surface area (Å²) < 4.78 is 21.3. The van der Waals surface area contributed by atoms with E-state index in [1.54, 1.807) is 6.07 Å². The lowest BCUT2D eigenvalue weighted by atomic mass is 10.0. The van der Waals surface area contributed by atoms with Crippen LogP contribution in [0.15, 0.2) is 53.3 Å². The maximum Gasteiger partial charge on any atom is 0.353 e. The van der Waals surface area contributed by atoms with Crippen LogP contribution in [0.5, 0.6) is 5.75 Å². The van der Waals surface area contributed by atoms with Gasteiger partial charge in [0.05, 0.1) is 7.11 Å². The van der Waals surface area contributed by atoms with E-state index >= 15 is 0 Å². The third-order valence-electron chi connectivity index (χ3n) is 5.82. The quantitative estimate of drug-likeness (QED) is 0.490. The van der Waals surface area contributed by atoms with E-state index in [-0.39, 0.29) is 18.0 Å². The summed E-state index contributed by atoms with van der Waals surface area (Å²) in [7, 11) is 1.36. The van der Waals surface area contributed by atoms with E-state index in [2.05, 4.69) is 32.4 Å². The van der Waals surface area contributed by atoms with Crippen LogP contribution >= 0.6 is 0 Å². The number of aromatic nitrogens is 4. The number of carbonyl (C=O) groups excluding carboxylic acids is 1. The van der Waals surface area contributed by atoms with Crippen LogP contribution in [0, 0.1) is 12.7 Å². The molecule has 2 aromatic heterocycles. The number of anilines is 2. The van der Waals surface area contributed by atoms with Crippen LogP contribution in [0.1, 0.15) is 16.8 Å². The molecule has 5 rings (SSSR count). The Labute approximate surface area is 194 Å². The van der Waals surface area contributed by atoms with Crippen molar-refractivity contribution in [3.63, 3.8) is 0 Å². The van der Waals surface area contributed by atoms with Gasteiger partial charge >= 0.3 is 5.69 Å². The minimum atomic E-state index is -0.598. The van der Waals surface area contributed by atoms with Crippen molar-refractivity contribution in [2.45, 2.75) is 26.4 Å².